The van der Waals surface area contributed by atoms with Crippen molar-refractivity contribution in [2.45, 2.75) is 6.42 Å². The van der Waals surface area contributed by atoms with E-state index in [4.69, 9.17) is 0 Å². The summed E-state index contributed by atoms with van der Waals surface area (Å²) in [5.74, 6) is -0.482. The van der Waals surface area contributed by atoms with Crippen LogP contribution in [0.25, 0.3) is 0 Å². The highest BCUT2D eigenvalue weighted by atomic mass is 32.2. The summed E-state index contributed by atoms with van der Waals surface area (Å²) in [6, 6.07) is 22.1. The van der Waals surface area contributed by atoms with Gasteiger partial charge in [-0.05, 0) is 36.8 Å². The van der Waals surface area contributed by atoms with E-state index in [1.807, 2.05) is 6.07 Å². The number of carbonyl (C=O) groups excluding carboxylic acids is 2. The smallest absolute Gasteiger partial charge is 0.256 e. The zero-order valence-corrected chi connectivity index (χ0v) is 16.9. The lowest BCUT2D eigenvalue weighted by Gasteiger charge is -2.17. The summed E-state index contributed by atoms with van der Waals surface area (Å²) in [7, 11) is -3.25. The highest BCUT2D eigenvalue weighted by Crippen LogP contribution is 2.25. The van der Waals surface area contributed by atoms with Crippen molar-refractivity contribution in [3.8, 4) is 0 Å². The molecular formula is C23H20N2O4S. The predicted octanol–water partition coefficient (Wildman–Crippen LogP) is 3.71. The largest absolute Gasteiger partial charge is 0.322 e. The van der Waals surface area contributed by atoms with Crippen molar-refractivity contribution in [1.29, 1.82) is 0 Å². The van der Waals surface area contributed by atoms with Gasteiger partial charge >= 0.3 is 0 Å². The summed E-state index contributed by atoms with van der Waals surface area (Å²) in [5.41, 5.74) is 2.19. The van der Waals surface area contributed by atoms with Crippen LogP contribution in [0.15, 0.2) is 78.9 Å². The average Bonchev–Trinajstić information content (AvgIpc) is 3.13. The SMILES string of the molecule is O=C(Nc1ccc(N2CCCS2(=O)=O)cc1)c1ccccc1C(=O)c1ccccc1. The van der Waals surface area contributed by atoms with E-state index in [1.54, 1.807) is 72.8 Å². The van der Waals surface area contributed by atoms with Gasteiger partial charge in [0.2, 0.25) is 10.0 Å². The topological polar surface area (TPSA) is 83.6 Å². The molecule has 4 rings (SSSR count). The van der Waals surface area contributed by atoms with Crippen LogP contribution in [-0.4, -0.2) is 32.4 Å². The summed E-state index contributed by atoms with van der Waals surface area (Å²) in [6.45, 7) is 0.461. The van der Waals surface area contributed by atoms with Gasteiger partial charge in [-0.1, -0.05) is 48.5 Å². The predicted molar refractivity (Wildman–Crippen MR) is 116 cm³/mol. The first-order valence-electron chi connectivity index (χ1n) is 9.56. The molecule has 3 aromatic carbocycles. The third-order valence-electron chi connectivity index (χ3n) is 4.96. The van der Waals surface area contributed by atoms with Crippen LogP contribution >= 0.6 is 0 Å². The van der Waals surface area contributed by atoms with Gasteiger partial charge in [-0.3, -0.25) is 13.9 Å². The number of sulfonamides is 1. The maximum Gasteiger partial charge on any atom is 0.256 e. The molecule has 1 saturated heterocycles. The van der Waals surface area contributed by atoms with Crippen molar-refractivity contribution in [3.05, 3.63) is 95.6 Å². The maximum absolute atomic E-state index is 12.8. The Balaban J connectivity index is 1.54. The lowest BCUT2D eigenvalue weighted by Crippen LogP contribution is -2.25. The number of amides is 1. The van der Waals surface area contributed by atoms with Crippen molar-refractivity contribution in [1.82, 2.24) is 0 Å². The number of benzene rings is 3. The van der Waals surface area contributed by atoms with E-state index in [0.29, 0.717) is 35.5 Å². The quantitative estimate of drug-likeness (QED) is 0.638. The molecule has 30 heavy (non-hydrogen) atoms. The van der Waals surface area contributed by atoms with Gasteiger partial charge in [0.25, 0.3) is 5.91 Å². The summed E-state index contributed by atoms with van der Waals surface area (Å²) < 4.78 is 25.5. The molecule has 0 radical (unpaired) electrons. The molecule has 1 aliphatic heterocycles. The number of anilines is 2. The fourth-order valence-electron chi connectivity index (χ4n) is 3.46. The third kappa shape index (κ3) is 3.97. The molecule has 1 N–H and O–H groups in total. The molecule has 6 nitrogen and oxygen atoms in total. The molecule has 1 aliphatic rings. The van der Waals surface area contributed by atoms with Crippen LogP contribution in [0.3, 0.4) is 0 Å². The first-order chi connectivity index (χ1) is 14.5. The Hall–Kier alpha value is -3.45. The highest BCUT2D eigenvalue weighted by Gasteiger charge is 2.28. The van der Waals surface area contributed by atoms with Crippen molar-refractivity contribution >= 4 is 33.1 Å². The van der Waals surface area contributed by atoms with E-state index in [0.717, 1.165) is 0 Å². The van der Waals surface area contributed by atoms with Crippen LogP contribution in [0.1, 0.15) is 32.7 Å². The van der Waals surface area contributed by atoms with E-state index in [2.05, 4.69) is 5.32 Å². The Morgan fingerprint density at radius 1 is 0.800 bits per heavy atom. The van der Waals surface area contributed by atoms with Crippen LogP contribution in [0, 0.1) is 0 Å². The number of hydrogen-bond acceptors (Lipinski definition) is 4. The Labute approximate surface area is 175 Å². The van der Waals surface area contributed by atoms with E-state index in [1.165, 1.54) is 4.31 Å². The monoisotopic (exact) mass is 420 g/mol. The van der Waals surface area contributed by atoms with Crippen LogP contribution < -0.4 is 9.62 Å². The van der Waals surface area contributed by atoms with Crippen molar-refractivity contribution < 1.29 is 18.0 Å². The van der Waals surface area contributed by atoms with E-state index in [9.17, 15) is 18.0 Å². The fourth-order valence-corrected chi connectivity index (χ4v) is 5.03. The number of nitrogens with one attached hydrogen (secondary N) is 1. The molecule has 0 unspecified atom stereocenters. The standard InChI is InChI=1S/C23H20N2O4S/c26-22(17-7-2-1-3-8-17)20-9-4-5-10-21(20)23(27)24-18-11-13-19(14-12-18)25-15-6-16-30(25,28)29/h1-5,7-14H,6,15-16H2,(H,24,27). The van der Waals surface area contributed by atoms with E-state index >= 15 is 0 Å². The van der Waals surface area contributed by atoms with Gasteiger partial charge in [0.1, 0.15) is 0 Å². The van der Waals surface area contributed by atoms with Gasteiger partial charge in [0.15, 0.2) is 5.78 Å². The van der Waals surface area contributed by atoms with Gasteiger partial charge < -0.3 is 5.32 Å². The second kappa shape index (κ2) is 8.12. The minimum atomic E-state index is -3.25. The molecule has 0 spiro atoms. The van der Waals surface area contributed by atoms with Crippen molar-refractivity contribution in [3.63, 3.8) is 0 Å². The van der Waals surface area contributed by atoms with Gasteiger partial charge in [-0.15, -0.1) is 0 Å². The zero-order chi connectivity index (χ0) is 21.1. The summed E-state index contributed by atoms with van der Waals surface area (Å²) in [6.07, 6.45) is 0.604. The highest BCUT2D eigenvalue weighted by molar-refractivity contribution is 7.93. The first-order valence-corrected chi connectivity index (χ1v) is 11.2. The van der Waals surface area contributed by atoms with Gasteiger partial charge in [-0.25, -0.2) is 8.42 Å². The molecule has 7 heteroatoms. The Kier molecular flexibility index (Phi) is 5.37. The maximum atomic E-state index is 12.8. The summed E-state index contributed by atoms with van der Waals surface area (Å²) >= 11 is 0. The molecule has 0 aliphatic carbocycles. The van der Waals surface area contributed by atoms with Crippen LogP contribution in [0.2, 0.25) is 0 Å². The molecule has 0 saturated carbocycles. The fraction of sp³-hybridized carbons (Fsp3) is 0.130. The zero-order valence-electron chi connectivity index (χ0n) is 16.1. The number of ketones is 1. The van der Waals surface area contributed by atoms with E-state index < -0.39 is 15.9 Å². The Morgan fingerprint density at radius 2 is 1.43 bits per heavy atom. The molecule has 1 fully saturated rings. The molecular weight excluding hydrogens is 400 g/mol. The minimum Gasteiger partial charge on any atom is -0.322 e. The van der Waals surface area contributed by atoms with Crippen molar-refractivity contribution in [2.75, 3.05) is 21.9 Å². The normalized spacial score (nSPS) is 15.0. The molecule has 152 valence electrons. The molecule has 0 bridgehead atoms. The number of hydrogen-bond donors (Lipinski definition) is 1. The molecule has 1 heterocycles. The van der Waals surface area contributed by atoms with Crippen LogP contribution in [-0.2, 0) is 10.0 Å². The third-order valence-corrected chi connectivity index (χ3v) is 6.83. The Bertz CT molecular complexity index is 1190. The lowest BCUT2D eigenvalue weighted by atomic mass is 9.98. The molecule has 3 aromatic rings. The Morgan fingerprint density at radius 3 is 2.07 bits per heavy atom. The first kappa shape index (κ1) is 19.8. The average molecular weight is 420 g/mol. The number of rotatable bonds is 5. The second-order valence-electron chi connectivity index (χ2n) is 6.98. The number of nitrogens with zero attached hydrogens (tertiary/aromatic N) is 1. The minimum absolute atomic E-state index is 0.151. The summed E-state index contributed by atoms with van der Waals surface area (Å²) in [4.78, 5) is 25.7. The van der Waals surface area contributed by atoms with E-state index in [-0.39, 0.29) is 17.1 Å². The number of carbonyl (C=O) groups is 2. The van der Waals surface area contributed by atoms with Crippen molar-refractivity contribution in [2.24, 2.45) is 0 Å². The van der Waals surface area contributed by atoms with Gasteiger partial charge in [0, 0.05) is 23.4 Å². The lowest BCUT2D eigenvalue weighted by molar-refractivity contribution is 0.0996. The molecule has 0 aromatic heterocycles. The second-order valence-corrected chi connectivity index (χ2v) is 9.00. The van der Waals surface area contributed by atoms with Gasteiger partial charge in [0.05, 0.1) is 17.0 Å². The molecule has 1 amide bonds. The van der Waals surface area contributed by atoms with Gasteiger partial charge in [-0.2, -0.15) is 0 Å². The van der Waals surface area contributed by atoms with Crippen LogP contribution in [0.5, 0.6) is 0 Å². The van der Waals surface area contributed by atoms with Crippen LogP contribution in [0.4, 0.5) is 11.4 Å². The summed E-state index contributed by atoms with van der Waals surface area (Å²) in [5, 5.41) is 2.78. The molecule has 0 atom stereocenters.